The number of hydrogen-bond donors (Lipinski definition) is 2. The van der Waals surface area contributed by atoms with Crippen molar-refractivity contribution < 1.29 is 18.0 Å². The molecule has 0 bridgehead atoms. The van der Waals surface area contributed by atoms with Gasteiger partial charge in [-0.2, -0.15) is 11.8 Å². The molecule has 0 radical (unpaired) electrons. The highest BCUT2D eigenvalue weighted by atomic mass is 32.2. The second-order valence-corrected chi connectivity index (χ2v) is 8.13. The van der Waals surface area contributed by atoms with E-state index in [4.69, 9.17) is 0 Å². The lowest BCUT2D eigenvalue weighted by Gasteiger charge is -2.08. The summed E-state index contributed by atoms with van der Waals surface area (Å²) in [6, 6.07) is 6.05. The Hall–Kier alpha value is -1.54. The number of benzene rings is 1. The fraction of sp³-hybridized carbons (Fsp3) is 0.500. The molecule has 0 heterocycles. The lowest BCUT2D eigenvalue weighted by atomic mass is 10.2. The lowest BCUT2D eigenvalue weighted by Crippen LogP contribution is -2.32. The Labute approximate surface area is 147 Å². The van der Waals surface area contributed by atoms with Crippen LogP contribution in [0.1, 0.15) is 38.7 Å². The maximum Gasteiger partial charge on any atom is 0.264 e. The van der Waals surface area contributed by atoms with E-state index in [1.54, 1.807) is 12.1 Å². The van der Waals surface area contributed by atoms with E-state index in [2.05, 4.69) is 17.0 Å². The summed E-state index contributed by atoms with van der Waals surface area (Å²) in [4.78, 5) is 22.6. The normalized spacial score (nSPS) is 11.1. The summed E-state index contributed by atoms with van der Waals surface area (Å²) < 4.78 is 26.4. The Kier molecular flexibility index (Phi) is 8.84. The van der Waals surface area contributed by atoms with Gasteiger partial charge in [-0.15, -0.1) is 0 Å². The Balaban J connectivity index is 2.52. The molecule has 0 fully saturated rings. The van der Waals surface area contributed by atoms with Crippen LogP contribution in [0.25, 0.3) is 0 Å². The van der Waals surface area contributed by atoms with Gasteiger partial charge in [0.05, 0.1) is 10.6 Å². The van der Waals surface area contributed by atoms with Crippen LogP contribution in [-0.2, 0) is 26.2 Å². The smallest absolute Gasteiger partial charge is 0.264 e. The van der Waals surface area contributed by atoms with Crippen molar-refractivity contribution in [1.29, 1.82) is 0 Å². The van der Waals surface area contributed by atoms with Crippen LogP contribution in [0.2, 0.25) is 0 Å². The van der Waals surface area contributed by atoms with Crippen molar-refractivity contribution >= 4 is 33.6 Å². The van der Waals surface area contributed by atoms with Gasteiger partial charge in [0.2, 0.25) is 11.8 Å². The number of hydrogen-bond acceptors (Lipinski definition) is 5. The number of amides is 2. The van der Waals surface area contributed by atoms with E-state index in [9.17, 15) is 18.0 Å². The third-order valence-corrected chi connectivity index (χ3v) is 5.58. The first-order valence-corrected chi connectivity index (χ1v) is 10.5. The predicted molar refractivity (Wildman–Crippen MR) is 96.1 cm³/mol. The van der Waals surface area contributed by atoms with Crippen molar-refractivity contribution in [2.45, 2.75) is 44.6 Å². The predicted octanol–water partition coefficient (Wildman–Crippen LogP) is 2.05. The van der Waals surface area contributed by atoms with Gasteiger partial charge in [0, 0.05) is 13.5 Å². The highest BCUT2D eigenvalue weighted by molar-refractivity contribution is 8.00. The molecule has 0 unspecified atom stereocenters. The van der Waals surface area contributed by atoms with Crippen molar-refractivity contribution in [2.75, 3.05) is 11.5 Å². The molecule has 8 heteroatoms. The molecule has 1 rings (SSSR count). The minimum Gasteiger partial charge on any atom is -0.352 e. The van der Waals surface area contributed by atoms with E-state index in [0.29, 0.717) is 6.54 Å². The van der Waals surface area contributed by atoms with E-state index in [1.165, 1.54) is 30.8 Å². The van der Waals surface area contributed by atoms with Gasteiger partial charge in [0.25, 0.3) is 10.0 Å². The molecule has 1 aromatic rings. The maximum atomic E-state index is 12.1. The van der Waals surface area contributed by atoms with Crippen molar-refractivity contribution in [1.82, 2.24) is 10.0 Å². The van der Waals surface area contributed by atoms with Crippen molar-refractivity contribution in [2.24, 2.45) is 0 Å². The largest absolute Gasteiger partial charge is 0.352 e. The number of carbonyl (C=O) groups excluding carboxylic acids is 2. The third-order valence-electron chi connectivity index (χ3n) is 3.15. The fourth-order valence-corrected chi connectivity index (χ4v) is 3.76. The molecule has 0 aromatic heterocycles. The monoisotopic (exact) mass is 372 g/mol. The quantitative estimate of drug-likeness (QED) is 0.613. The van der Waals surface area contributed by atoms with Crippen LogP contribution >= 0.6 is 11.8 Å². The molecule has 0 aliphatic carbocycles. The topological polar surface area (TPSA) is 92.3 Å². The van der Waals surface area contributed by atoms with Gasteiger partial charge in [-0.05, 0) is 29.9 Å². The standard InChI is InChI=1S/C16H24N2O4S2/c1-3-4-5-10-23-12-16(20)18-24(21,22)15-8-6-14(7-9-15)11-17-13(2)19/h6-9H,3-5,10-12H2,1-2H3,(H,17,19)(H,18,20). The summed E-state index contributed by atoms with van der Waals surface area (Å²) in [7, 11) is -3.86. The van der Waals surface area contributed by atoms with E-state index < -0.39 is 15.9 Å². The first-order chi connectivity index (χ1) is 11.3. The highest BCUT2D eigenvalue weighted by Gasteiger charge is 2.17. The van der Waals surface area contributed by atoms with Crippen molar-refractivity contribution in [3.63, 3.8) is 0 Å². The molecule has 0 aliphatic heterocycles. The number of thioether (sulfide) groups is 1. The van der Waals surface area contributed by atoms with Crippen molar-refractivity contribution in [3.05, 3.63) is 29.8 Å². The van der Waals surface area contributed by atoms with Crippen LogP contribution < -0.4 is 10.0 Å². The second-order valence-electron chi connectivity index (χ2n) is 5.34. The van der Waals surface area contributed by atoms with Gasteiger partial charge in [-0.25, -0.2) is 13.1 Å². The number of sulfonamides is 1. The molecule has 0 spiro atoms. The molecule has 6 nitrogen and oxygen atoms in total. The second kappa shape index (κ2) is 10.4. The summed E-state index contributed by atoms with van der Waals surface area (Å²) in [5, 5.41) is 2.63. The zero-order chi connectivity index (χ0) is 18.0. The van der Waals surface area contributed by atoms with Gasteiger partial charge >= 0.3 is 0 Å². The molecule has 0 aliphatic rings. The minimum atomic E-state index is -3.86. The molecule has 1 aromatic carbocycles. The van der Waals surface area contributed by atoms with Gasteiger partial charge in [-0.1, -0.05) is 31.9 Å². The van der Waals surface area contributed by atoms with Crippen molar-refractivity contribution in [3.8, 4) is 0 Å². The minimum absolute atomic E-state index is 0.0263. The average molecular weight is 373 g/mol. The van der Waals surface area contributed by atoms with Crippen LogP contribution in [0.3, 0.4) is 0 Å². The third kappa shape index (κ3) is 7.83. The highest BCUT2D eigenvalue weighted by Crippen LogP contribution is 2.11. The van der Waals surface area contributed by atoms with Gasteiger partial charge in [0.1, 0.15) is 0 Å². The zero-order valence-corrected chi connectivity index (χ0v) is 15.6. The molecule has 134 valence electrons. The molecular formula is C16H24N2O4S2. The Morgan fingerprint density at radius 2 is 1.79 bits per heavy atom. The summed E-state index contributed by atoms with van der Waals surface area (Å²) in [6.07, 6.45) is 3.24. The first kappa shape index (κ1) is 20.5. The van der Waals surface area contributed by atoms with Gasteiger partial charge in [0.15, 0.2) is 0 Å². The lowest BCUT2D eigenvalue weighted by molar-refractivity contribution is -0.119. The SMILES string of the molecule is CCCCCSCC(=O)NS(=O)(=O)c1ccc(CNC(C)=O)cc1. The van der Waals surface area contributed by atoms with E-state index >= 15 is 0 Å². The van der Waals surface area contributed by atoms with Gasteiger partial charge < -0.3 is 5.32 Å². The molecule has 24 heavy (non-hydrogen) atoms. The number of unbranched alkanes of at least 4 members (excludes halogenated alkanes) is 2. The molecule has 0 saturated heterocycles. The maximum absolute atomic E-state index is 12.1. The summed E-state index contributed by atoms with van der Waals surface area (Å²) in [5.74, 6) is 0.303. The van der Waals surface area contributed by atoms with Crippen LogP contribution in [0, 0.1) is 0 Å². The number of rotatable bonds is 10. The molecular weight excluding hydrogens is 348 g/mol. The zero-order valence-electron chi connectivity index (χ0n) is 14.0. The van der Waals surface area contributed by atoms with E-state index in [-0.39, 0.29) is 16.6 Å². The Morgan fingerprint density at radius 1 is 1.12 bits per heavy atom. The van der Waals surface area contributed by atoms with E-state index in [1.807, 2.05) is 0 Å². The fourth-order valence-electron chi connectivity index (χ4n) is 1.87. The van der Waals surface area contributed by atoms with Crippen LogP contribution in [0.4, 0.5) is 0 Å². The molecule has 0 saturated carbocycles. The Bertz CT molecular complexity index is 643. The Morgan fingerprint density at radius 3 is 2.38 bits per heavy atom. The van der Waals surface area contributed by atoms with Crippen LogP contribution in [0.5, 0.6) is 0 Å². The molecule has 2 N–H and O–H groups in total. The summed E-state index contributed by atoms with van der Waals surface area (Å²) >= 11 is 1.43. The van der Waals surface area contributed by atoms with Crippen LogP contribution in [-0.4, -0.2) is 31.7 Å². The van der Waals surface area contributed by atoms with Gasteiger partial charge in [-0.3, -0.25) is 9.59 Å². The number of carbonyl (C=O) groups is 2. The average Bonchev–Trinajstić information content (AvgIpc) is 2.52. The molecule has 0 atom stereocenters. The van der Waals surface area contributed by atoms with Crippen LogP contribution in [0.15, 0.2) is 29.2 Å². The molecule has 2 amide bonds. The van der Waals surface area contributed by atoms with E-state index in [0.717, 1.165) is 30.6 Å². The first-order valence-electron chi connectivity index (χ1n) is 7.82. The summed E-state index contributed by atoms with van der Waals surface area (Å²) in [6.45, 7) is 3.84. The summed E-state index contributed by atoms with van der Waals surface area (Å²) in [5.41, 5.74) is 0.780. The number of nitrogens with one attached hydrogen (secondary N) is 2.